The van der Waals surface area contributed by atoms with E-state index in [4.69, 9.17) is 4.74 Å². The number of hydrogen-bond donors (Lipinski definition) is 0. The van der Waals surface area contributed by atoms with Crippen molar-refractivity contribution in [3.05, 3.63) is 70.1 Å². The number of ether oxygens (including phenoxy) is 1. The maximum absolute atomic E-state index is 12.9. The van der Waals surface area contributed by atoms with Gasteiger partial charge in [-0.25, -0.2) is 0 Å². The van der Waals surface area contributed by atoms with Gasteiger partial charge in [-0.05, 0) is 37.5 Å². The molecule has 2 heterocycles. The number of aromatic nitrogens is 1. The summed E-state index contributed by atoms with van der Waals surface area (Å²) in [5.41, 5.74) is 0.588. The summed E-state index contributed by atoms with van der Waals surface area (Å²) in [6.07, 6.45) is 2.74. The zero-order chi connectivity index (χ0) is 23.1. The number of piperidine rings is 1. The predicted octanol–water partition coefficient (Wildman–Crippen LogP) is 1.77. The molecule has 1 aliphatic rings. The second kappa shape index (κ2) is 10.7. The molecule has 8 heteroatoms. The van der Waals surface area contributed by atoms with Crippen molar-refractivity contribution in [2.45, 2.75) is 26.3 Å². The number of likely N-dealkylation sites (N-methyl/N-ethyl adjacent to an activating group) is 1. The molecule has 170 valence electrons. The molecular formula is C24H29N3O5. The summed E-state index contributed by atoms with van der Waals surface area (Å²) < 4.78 is 6.54. The summed E-state index contributed by atoms with van der Waals surface area (Å²) in [5.74, 6) is -1.11. The maximum atomic E-state index is 12.9. The average Bonchev–Trinajstić information content (AvgIpc) is 2.81. The van der Waals surface area contributed by atoms with Crippen molar-refractivity contribution in [3.8, 4) is 0 Å². The van der Waals surface area contributed by atoms with Crippen LogP contribution in [0.25, 0.3) is 0 Å². The van der Waals surface area contributed by atoms with Crippen LogP contribution in [0.1, 0.15) is 35.7 Å². The summed E-state index contributed by atoms with van der Waals surface area (Å²) in [6, 6.07) is 12.7. The molecule has 3 rings (SSSR count). The second-order valence-corrected chi connectivity index (χ2v) is 7.91. The zero-order valence-corrected chi connectivity index (χ0v) is 18.5. The van der Waals surface area contributed by atoms with Gasteiger partial charge in [0.15, 0.2) is 0 Å². The van der Waals surface area contributed by atoms with Crippen molar-refractivity contribution in [2.75, 3.05) is 33.3 Å². The van der Waals surface area contributed by atoms with Crippen LogP contribution >= 0.6 is 0 Å². The Morgan fingerprint density at radius 3 is 2.41 bits per heavy atom. The highest BCUT2D eigenvalue weighted by molar-refractivity contribution is 5.96. The first-order valence-electron chi connectivity index (χ1n) is 10.8. The molecule has 0 saturated carbocycles. The molecule has 1 saturated heterocycles. The van der Waals surface area contributed by atoms with E-state index in [-0.39, 0.29) is 29.9 Å². The van der Waals surface area contributed by atoms with Crippen LogP contribution in [-0.2, 0) is 20.9 Å². The van der Waals surface area contributed by atoms with Crippen LogP contribution in [0.15, 0.2) is 53.5 Å². The van der Waals surface area contributed by atoms with Crippen LogP contribution in [-0.4, -0.2) is 65.4 Å². The Kier molecular flexibility index (Phi) is 7.81. The summed E-state index contributed by atoms with van der Waals surface area (Å²) in [4.78, 5) is 53.2. The van der Waals surface area contributed by atoms with E-state index in [9.17, 15) is 19.2 Å². The molecule has 0 bridgehead atoms. The first kappa shape index (κ1) is 23.2. The lowest BCUT2D eigenvalue weighted by Gasteiger charge is -2.32. The van der Waals surface area contributed by atoms with Gasteiger partial charge < -0.3 is 19.1 Å². The van der Waals surface area contributed by atoms with Gasteiger partial charge in [-0.15, -0.1) is 0 Å². The van der Waals surface area contributed by atoms with E-state index in [1.54, 1.807) is 24.1 Å². The number of nitrogens with zero attached hydrogens (tertiary/aromatic N) is 3. The summed E-state index contributed by atoms with van der Waals surface area (Å²) in [7, 11) is 1.51. The van der Waals surface area contributed by atoms with Crippen LogP contribution in [0.4, 0.5) is 0 Å². The van der Waals surface area contributed by atoms with Gasteiger partial charge in [0, 0.05) is 26.3 Å². The van der Waals surface area contributed by atoms with Crippen molar-refractivity contribution in [1.82, 2.24) is 14.4 Å². The van der Waals surface area contributed by atoms with Crippen LogP contribution in [0, 0.1) is 5.92 Å². The fourth-order valence-electron chi connectivity index (χ4n) is 3.81. The standard InChI is InChI=1S/C24H29N3O5/c1-3-32-24(31)19-11-14-26(15-12-19)21(28)17-25(2)22(29)20-10-7-13-27(23(20)30)16-18-8-5-4-6-9-18/h4-10,13,19H,3,11-12,14-17H2,1-2H3. The number of esters is 1. The minimum absolute atomic E-state index is 0.0275. The van der Waals surface area contributed by atoms with Crippen LogP contribution < -0.4 is 5.56 Å². The SMILES string of the molecule is CCOC(=O)C1CCN(C(=O)CN(C)C(=O)c2cccn(Cc3ccccc3)c2=O)CC1. The first-order valence-corrected chi connectivity index (χ1v) is 10.8. The fourth-order valence-corrected chi connectivity index (χ4v) is 3.81. The van der Waals surface area contributed by atoms with Crippen molar-refractivity contribution in [1.29, 1.82) is 0 Å². The average molecular weight is 440 g/mol. The van der Waals surface area contributed by atoms with Crippen LogP contribution in [0.5, 0.6) is 0 Å². The minimum Gasteiger partial charge on any atom is -0.466 e. The van der Waals surface area contributed by atoms with Crippen molar-refractivity contribution < 1.29 is 19.1 Å². The summed E-state index contributed by atoms with van der Waals surface area (Å²) in [5, 5.41) is 0. The lowest BCUT2D eigenvalue weighted by atomic mass is 9.97. The van der Waals surface area contributed by atoms with E-state index in [1.165, 1.54) is 22.6 Å². The minimum atomic E-state index is -0.493. The molecule has 0 N–H and O–H groups in total. The topological polar surface area (TPSA) is 88.9 Å². The Labute approximate surface area is 187 Å². The van der Waals surface area contributed by atoms with Crippen LogP contribution in [0.2, 0.25) is 0 Å². The first-order chi connectivity index (χ1) is 15.4. The normalized spacial score (nSPS) is 14.1. The number of amides is 2. The molecule has 1 aliphatic heterocycles. The molecular weight excluding hydrogens is 410 g/mol. The molecule has 1 fully saturated rings. The van der Waals surface area contributed by atoms with Gasteiger partial charge in [0.25, 0.3) is 11.5 Å². The highest BCUT2D eigenvalue weighted by atomic mass is 16.5. The van der Waals surface area contributed by atoms with Gasteiger partial charge in [0.1, 0.15) is 5.56 Å². The Hall–Kier alpha value is -3.42. The Morgan fingerprint density at radius 2 is 1.75 bits per heavy atom. The van der Waals surface area contributed by atoms with Gasteiger partial charge in [-0.2, -0.15) is 0 Å². The number of carbonyl (C=O) groups is 3. The van der Waals surface area contributed by atoms with Gasteiger partial charge in [-0.3, -0.25) is 19.2 Å². The van der Waals surface area contributed by atoms with Gasteiger partial charge in [0.05, 0.1) is 25.6 Å². The highest BCUT2D eigenvalue weighted by Crippen LogP contribution is 2.19. The molecule has 2 aromatic rings. The quantitative estimate of drug-likeness (QED) is 0.614. The van der Waals surface area contributed by atoms with E-state index in [1.807, 2.05) is 30.3 Å². The molecule has 0 spiro atoms. The smallest absolute Gasteiger partial charge is 0.309 e. The Balaban J connectivity index is 1.60. The highest BCUT2D eigenvalue weighted by Gasteiger charge is 2.29. The number of benzene rings is 1. The maximum Gasteiger partial charge on any atom is 0.309 e. The molecule has 2 amide bonds. The molecule has 0 atom stereocenters. The van der Waals surface area contributed by atoms with Gasteiger partial charge >= 0.3 is 5.97 Å². The largest absolute Gasteiger partial charge is 0.466 e. The van der Waals surface area contributed by atoms with Crippen molar-refractivity contribution in [2.24, 2.45) is 5.92 Å². The number of hydrogen-bond acceptors (Lipinski definition) is 5. The third kappa shape index (κ3) is 5.63. The van der Waals surface area contributed by atoms with Gasteiger partial charge in [-0.1, -0.05) is 30.3 Å². The third-order valence-corrected chi connectivity index (χ3v) is 5.63. The molecule has 0 radical (unpaired) electrons. The summed E-state index contributed by atoms with van der Waals surface area (Å²) >= 11 is 0. The van der Waals surface area contributed by atoms with E-state index in [0.29, 0.717) is 39.1 Å². The summed E-state index contributed by atoms with van der Waals surface area (Å²) in [6.45, 7) is 3.23. The Morgan fingerprint density at radius 1 is 1.06 bits per heavy atom. The zero-order valence-electron chi connectivity index (χ0n) is 18.5. The molecule has 1 aromatic heterocycles. The van der Waals surface area contributed by atoms with E-state index >= 15 is 0 Å². The third-order valence-electron chi connectivity index (χ3n) is 5.63. The number of rotatable bonds is 7. The Bertz CT molecular complexity index is 1010. The molecule has 32 heavy (non-hydrogen) atoms. The van der Waals surface area contributed by atoms with Crippen molar-refractivity contribution in [3.63, 3.8) is 0 Å². The lowest BCUT2D eigenvalue weighted by molar-refractivity contribution is -0.151. The monoisotopic (exact) mass is 439 g/mol. The van der Waals surface area contributed by atoms with Crippen LogP contribution in [0.3, 0.4) is 0 Å². The number of likely N-dealkylation sites (tertiary alicyclic amines) is 1. The molecule has 1 aromatic carbocycles. The molecule has 0 aliphatic carbocycles. The number of pyridine rings is 1. The van der Waals surface area contributed by atoms with E-state index in [0.717, 1.165) is 5.56 Å². The lowest BCUT2D eigenvalue weighted by Crippen LogP contribution is -2.46. The second-order valence-electron chi connectivity index (χ2n) is 7.91. The fraction of sp³-hybridized carbons (Fsp3) is 0.417. The number of carbonyl (C=O) groups excluding carboxylic acids is 3. The molecule has 0 unspecified atom stereocenters. The molecule has 8 nitrogen and oxygen atoms in total. The van der Waals surface area contributed by atoms with Crippen molar-refractivity contribution >= 4 is 17.8 Å². The van der Waals surface area contributed by atoms with Gasteiger partial charge in [0.2, 0.25) is 5.91 Å². The van der Waals surface area contributed by atoms with E-state index in [2.05, 4.69) is 0 Å². The van der Waals surface area contributed by atoms with E-state index < -0.39 is 11.5 Å². The predicted molar refractivity (Wildman–Crippen MR) is 119 cm³/mol.